The van der Waals surface area contributed by atoms with Gasteiger partial charge in [0.05, 0.1) is 12.2 Å². The van der Waals surface area contributed by atoms with Crippen LogP contribution in [-0.4, -0.2) is 12.2 Å². The predicted molar refractivity (Wildman–Crippen MR) is 56.3 cm³/mol. The van der Waals surface area contributed by atoms with E-state index in [0.717, 1.165) is 0 Å². The van der Waals surface area contributed by atoms with Gasteiger partial charge in [-0.2, -0.15) is 0 Å². The Morgan fingerprint density at radius 3 is 2.69 bits per heavy atom. The van der Waals surface area contributed by atoms with Gasteiger partial charge in [-0.25, -0.2) is 0 Å². The molecule has 13 heavy (non-hydrogen) atoms. The number of thiophene rings is 1. The normalized spacial score (nSPS) is 28.8. The van der Waals surface area contributed by atoms with Gasteiger partial charge in [-0.05, 0) is 38.3 Å². The first-order valence-corrected chi connectivity index (χ1v) is 5.69. The van der Waals surface area contributed by atoms with Crippen molar-refractivity contribution in [2.45, 2.75) is 39.4 Å². The van der Waals surface area contributed by atoms with Gasteiger partial charge in [0.1, 0.15) is 0 Å². The molecule has 3 atom stereocenters. The van der Waals surface area contributed by atoms with Crippen molar-refractivity contribution in [3.63, 3.8) is 0 Å². The maximum atomic E-state index is 5.46. The second-order valence-electron chi connectivity index (χ2n) is 4.00. The zero-order valence-corrected chi connectivity index (χ0v) is 9.23. The molecular formula is C11H16OS. The number of ether oxygens (including phenoxy) is 1. The van der Waals surface area contributed by atoms with E-state index in [1.807, 2.05) is 11.3 Å². The van der Waals surface area contributed by atoms with Gasteiger partial charge in [-0.3, -0.25) is 0 Å². The smallest absolute Gasteiger partial charge is 0.0867 e. The Balaban J connectivity index is 1.91. The summed E-state index contributed by atoms with van der Waals surface area (Å²) in [6, 6.07) is 4.44. The van der Waals surface area contributed by atoms with E-state index >= 15 is 0 Å². The summed E-state index contributed by atoms with van der Waals surface area (Å²) in [4.78, 5) is 2.90. The van der Waals surface area contributed by atoms with Crippen LogP contribution in [0.4, 0.5) is 0 Å². The van der Waals surface area contributed by atoms with Crippen LogP contribution in [0.2, 0.25) is 0 Å². The summed E-state index contributed by atoms with van der Waals surface area (Å²) >= 11 is 1.91. The summed E-state index contributed by atoms with van der Waals surface area (Å²) in [6.45, 7) is 6.60. The fourth-order valence-corrected chi connectivity index (χ4v) is 2.86. The second kappa shape index (κ2) is 3.43. The lowest BCUT2D eigenvalue weighted by molar-refractivity contribution is 0.329. The minimum absolute atomic E-state index is 0.496. The molecule has 1 aliphatic heterocycles. The molecule has 1 aliphatic rings. The number of rotatable bonds is 3. The molecule has 1 saturated heterocycles. The highest BCUT2D eigenvalue weighted by molar-refractivity contribution is 7.11. The van der Waals surface area contributed by atoms with Crippen molar-refractivity contribution >= 4 is 11.3 Å². The van der Waals surface area contributed by atoms with E-state index in [2.05, 4.69) is 32.9 Å². The summed E-state index contributed by atoms with van der Waals surface area (Å²) in [7, 11) is 0. The summed E-state index contributed by atoms with van der Waals surface area (Å²) in [6.07, 6.45) is 2.19. The largest absolute Gasteiger partial charge is 0.370 e. The first kappa shape index (κ1) is 9.22. The molecule has 3 unspecified atom stereocenters. The molecule has 1 fully saturated rings. The van der Waals surface area contributed by atoms with Crippen molar-refractivity contribution in [3.05, 3.63) is 21.9 Å². The maximum absolute atomic E-state index is 5.46. The van der Waals surface area contributed by atoms with E-state index in [0.29, 0.717) is 18.1 Å². The maximum Gasteiger partial charge on any atom is 0.0867 e. The third-order valence-electron chi connectivity index (χ3n) is 2.64. The van der Waals surface area contributed by atoms with Gasteiger partial charge in [0.2, 0.25) is 0 Å². The third-order valence-corrected chi connectivity index (χ3v) is 3.66. The van der Waals surface area contributed by atoms with Crippen LogP contribution >= 0.6 is 11.3 Å². The Morgan fingerprint density at radius 1 is 1.54 bits per heavy atom. The minimum Gasteiger partial charge on any atom is -0.370 e. The van der Waals surface area contributed by atoms with Crippen molar-refractivity contribution in [3.8, 4) is 0 Å². The van der Waals surface area contributed by atoms with Gasteiger partial charge in [-0.1, -0.05) is 6.92 Å². The van der Waals surface area contributed by atoms with Crippen molar-refractivity contribution in [1.82, 2.24) is 0 Å². The summed E-state index contributed by atoms with van der Waals surface area (Å²) < 4.78 is 5.46. The Bertz CT molecular complexity index is 292. The predicted octanol–water partition coefficient (Wildman–Crippen LogP) is 3.02. The molecule has 0 aromatic carbocycles. The molecule has 2 heterocycles. The van der Waals surface area contributed by atoms with Crippen molar-refractivity contribution in [2.75, 3.05) is 0 Å². The lowest BCUT2D eigenvalue weighted by Gasteiger charge is -2.05. The zero-order chi connectivity index (χ0) is 9.42. The van der Waals surface area contributed by atoms with Crippen molar-refractivity contribution in [1.29, 1.82) is 0 Å². The SMILES string of the molecule is Cc1ccc(CC(C)C2OC2C)s1. The molecule has 1 aromatic heterocycles. The number of epoxide rings is 1. The van der Waals surface area contributed by atoms with Crippen LogP contribution in [0.3, 0.4) is 0 Å². The standard InChI is InChI=1S/C11H16OS/c1-7(11-9(3)12-11)6-10-5-4-8(2)13-10/h4-5,7,9,11H,6H2,1-3H3. The fraction of sp³-hybridized carbons (Fsp3) is 0.636. The van der Waals surface area contributed by atoms with Crippen molar-refractivity contribution < 1.29 is 4.74 Å². The Kier molecular flexibility index (Phi) is 2.43. The monoisotopic (exact) mass is 196 g/mol. The average Bonchev–Trinajstić information content (AvgIpc) is 2.66. The van der Waals surface area contributed by atoms with E-state index in [-0.39, 0.29) is 0 Å². The van der Waals surface area contributed by atoms with Crippen molar-refractivity contribution in [2.24, 2.45) is 5.92 Å². The minimum atomic E-state index is 0.496. The highest BCUT2D eigenvalue weighted by Crippen LogP contribution is 2.32. The highest BCUT2D eigenvalue weighted by atomic mass is 32.1. The summed E-state index contributed by atoms with van der Waals surface area (Å²) in [5.74, 6) is 0.674. The van der Waals surface area contributed by atoms with Gasteiger partial charge in [0, 0.05) is 9.75 Å². The number of hydrogen-bond acceptors (Lipinski definition) is 2. The Labute approximate surface area is 83.7 Å². The van der Waals surface area contributed by atoms with Crippen LogP contribution in [-0.2, 0) is 11.2 Å². The molecule has 1 nitrogen and oxygen atoms in total. The summed E-state index contributed by atoms with van der Waals surface area (Å²) in [5, 5.41) is 0. The van der Waals surface area contributed by atoms with E-state index in [1.54, 1.807) is 0 Å². The number of hydrogen-bond donors (Lipinski definition) is 0. The van der Waals surface area contributed by atoms with Crippen LogP contribution < -0.4 is 0 Å². The molecule has 0 aliphatic carbocycles. The molecule has 0 radical (unpaired) electrons. The molecule has 2 heteroatoms. The third kappa shape index (κ3) is 2.12. The highest BCUT2D eigenvalue weighted by Gasteiger charge is 2.38. The van der Waals surface area contributed by atoms with E-state index < -0.39 is 0 Å². The first-order valence-electron chi connectivity index (χ1n) is 4.87. The van der Waals surface area contributed by atoms with Gasteiger partial charge < -0.3 is 4.74 Å². The Morgan fingerprint density at radius 2 is 2.23 bits per heavy atom. The quantitative estimate of drug-likeness (QED) is 0.677. The molecular weight excluding hydrogens is 180 g/mol. The van der Waals surface area contributed by atoms with E-state index in [4.69, 9.17) is 4.74 Å². The zero-order valence-electron chi connectivity index (χ0n) is 8.41. The molecule has 0 amide bonds. The van der Waals surface area contributed by atoms with Crippen LogP contribution in [0.15, 0.2) is 12.1 Å². The van der Waals surface area contributed by atoms with E-state index in [1.165, 1.54) is 16.2 Å². The second-order valence-corrected chi connectivity index (χ2v) is 5.37. The van der Waals surface area contributed by atoms with Gasteiger partial charge >= 0.3 is 0 Å². The molecule has 72 valence electrons. The molecule has 0 spiro atoms. The molecule has 0 saturated carbocycles. The summed E-state index contributed by atoms with van der Waals surface area (Å²) in [5.41, 5.74) is 0. The van der Waals surface area contributed by atoms with Crippen LogP contribution in [0.1, 0.15) is 23.6 Å². The number of aryl methyl sites for hydroxylation is 1. The average molecular weight is 196 g/mol. The Hall–Kier alpha value is -0.340. The molecule has 0 N–H and O–H groups in total. The topological polar surface area (TPSA) is 12.5 Å². The van der Waals surface area contributed by atoms with Gasteiger partial charge in [0.15, 0.2) is 0 Å². The first-order chi connectivity index (χ1) is 6.16. The molecule has 1 aromatic rings. The fourth-order valence-electron chi connectivity index (χ4n) is 1.83. The lowest BCUT2D eigenvalue weighted by atomic mass is 10.0. The van der Waals surface area contributed by atoms with E-state index in [9.17, 15) is 0 Å². The van der Waals surface area contributed by atoms with Gasteiger partial charge in [-0.15, -0.1) is 11.3 Å². The van der Waals surface area contributed by atoms with Crippen LogP contribution in [0.25, 0.3) is 0 Å². The molecule has 0 bridgehead atoms. The lowest BCUT2D eigenvalue weighted by Crippen LogP contribution is -2.07. The van der Waals surface area contributed by atoms with Gasteiger partial charge in [0.25, 0.3) is 0 Å². The van der Waals surface area contributed by atoms with Crippen LogP contribution in [0, 0.1) is 12.8 Å². The molecule has 2 rings (SSSR count). The van der Waals surface area contributed by atoms with Crippen LogP contribution in [0.5, 0.6) is 0 Å².